The third kappa shape index (κ3) is 4.40. The smallest absolute Gasteiger partial charge is 0.222 e. The number of oxime groups is 1. The average molecular weight is 267 g/mol. The van der Waals surface area contributed by atoms with Gasteiger partial charge in [0.2, 0.25) is 5.91 Å². The molecule has 19 heavy (non-hydrogen) atoms. The van der Waals surface area contributed by atoms with Crippen molar-refractivity contribution in [2.75, 3.05) is 6.54 Å². The molecule has 3 N–H and O–H groups in total. The predicted octanol–water partition coefficient (Wildman–Crippen LogP) is 2.08. The molecule has 1 amide bonds. The van der Waals surface area contributed by atoms with E-state index in [-0.39, 0.29) is 11.7 Å². The first kappa shape index (κ1) is 14.2. The summed E-state index contributed by atoms with van der Waals surface area (Å²) in [5, 5.41) is 11.5. The molecule has 0 unspecified atom stereocenters. The number of amides is 1. The van der Waals surface area contributed by atoms with Gasteiger partial charge in [-0.3, -0.25) is 4.79 Å². The summed E-state index contributed by atoms with van der Waals surface area (Å²) in [4.78, 5) is 14.2. The van der Waals surface area contributed by atoms with Crippen LogP contribution in [0.5, 0.6) is 0 Å². The first-order valence-electron chi connectivity index (χ1n) is 7.46. The van der Waals surface area contributed by atoms with E-state index in [2.05, 4.69) is 5.16 Å². The van der Waals surface area contributed by atoms with E-state index in [1.807, 2.05) is 4.90 Å². The zero-order chi connectivity index (χ0) is 13.7. The minimum absolute atomic E-state index is 0.203. The summed E-state index contributed by atoms with van der Waals surface area (Å²) < 4.78 is 0. The molecule has 0 aromatic carbocycles. The Kier molecular flexibility index (Phi) is 5.05. The Bertz CT molecular complexity index is 334. The third-order valence-corrected chi connectivity index (χ3v) is 4.29. The van der Waals surface area contributed by atoms with Crippen LogP contribution in [0.15, 0.2) is 5.16 Å². The molecule has 0 atom stereocenters. The minimum atomic E-state index is 0.203. The van der Waals surface area contributed by atoms with Gasteiger partial charge in [-0.25, -0.2) is 0 Å². The normalized spacial score (nSPS) is 20.7. The summed E-state index contributed by atoms with van der Waals surface area (Å²) in [6, 6.07) is 0.405. The lowest BCUT2D eigenvalue weighted by molar-refractivity contribution is -0.132. The number of carbonyl (C=O) groups excluding carboxylic acids is 1. The zero-order valence-electron chi connectivity index (χ0n) is 11.6. The maximum Gasteiger partial charge on any atom is 0.222 e. The number of carbonyl (C=O) groups is 1. The Morgan fingerprint density at radius 3 is 2.47 bits per heavy atom. The molecule has 0 spiro atoms. The van der Waals surface area contributed by atoms with E-state index in [1.165, 1.54) is 25.7 Å². The van der Waals surface area contributed by atoms with Crippen molar-refractivity contribution in [3.05, 3.63) is 0 Å². The molecule has 2 aliphatic rings. The molecular weight excluding hydrogens is 242 g/mol. The molecule has 0 radical (unpaired) electrons. The second kappa shape index (κ2) is 6.78. The largest absolute Gasteiger partial charge is 0.409 e. The highest BCUT2D eigenvalue weighted by Gasteiger charge is 2.32. The monoisotopic (exact) mass is 267 g/mol. The molecule has 2 fully saturated rings. The molecule has 5 heteroatoms. The SMILES string of the molecule is NC(CCN(C(=O)CCC1CCCC1)C1CC1)=NO. The van der Waals surface area contributed by atoms with E-state index in [1.54, 1.807) is 0 Å². The Hall–Kier alpha value is -1.26. The van der Waals surface area contributed by atoms with Crippen LogP contribution in [0.4, 0.5) is 0 Å². The van der Waals surface area contributed by atoms with Crippen molar-refractivity contribution in [2.24, 2.45) is 16.8 Å². The summed E-state index contributed by atoms with van der Waals surface area (Å²) in [7, 11) is 0. The fourth-order valence-electron chi connectivity index (χ4n) is 2.95. The summed E-state index contributed by atoms with van der Waals surface area (Å²) in [5.41, 5.74) is 5.48. The Morgan fingerprint density at radius 2 is 1.89 bits per heavy atom. The van der Waals surface area contributed by atoms with E-state index < -0.39 is 0 Å². The van der Waals surface area contributed by atoms with Crippen molar-refractivity contribution >= 4 is 11.7 Å². The van der Waals surface area contributed by atoms with Gasteiger partial charge < -0.3 is 15.8 Å². The van der Waals surface area contributed by atoms with E-state index in [0.717, 1.165) is 25.2 Å². The van der Waals surface area contributed by atoms with Gasteiger partial charge in [0.25, 0.3) is 0 Å². The van der Waals surface area contributed by atoms with Crippen LogP contribution in [0, 0.1) is 5.92 Å². The molecule has 2 saturated carbocycles. The minimum Gasteiger partial charge on any atom is -0.409 e. The van der Waals surface area contributed by atoms with Gasteiger partial charge in [0.1, 0.15) is 5.84 Å². The molecule has 5 nitrogen and oxygen atoms in total. The summed E-state index contributed by atoms with van der Waals surface area (Å²) in [5.74, 6) is 1.21. The maximum absolute atomic E-state index is 12.3. The molecule has 2 aliphatic carbocycles. The van der Waals surface area contributed by atoms with Gasteiger partial charge in [0.15, 0.2) is 0 Å². The second-order valence-electron chi connectivity index (χ2n) is 5.85. The fraction of sp³-hybridized carbons (Fsp3) is 0.857. The van der Waals surface area contributed by atoms with E-state index in [4.69, 9.17) is 10.9 Å². The van der Waals surface area contributed by atoms with Crippen LogP contribution in [-0.2, 0) is 4.79 Å². The Balaban J connectivity index is 1.75. The summed E-state index contributed by atoms with van der Waals surface area (Å²) in [6.07, 6.45) is 9.60. The third-order valence-electron chi connectivity index (χ3n) is 4.29. The van der Waals surface area contributed by atoms with Gasteiger partial charge in [-0.1, -0.05) is 30.8 Å². The number of rotatable bonds is 7. The van der Waals surface area contributed by atoms with Crippen molar-refractivity contribution in [3.8, 4) is 0 Å². The number of amidine groups is 1. The van der Waals surface area contributed by atoms with Crippen LogP contribution in [0.2, 0.25) is 0 Å². The lowest BCUT2D eigenvalue weighted by atomic mass is 10.0. The van der Waals surface area contributed by atoms with Crippen LogP contribution < -0.4 is 5.73 Å². The summed E-state index contributed by atoms with van der Waals surface area (Å²) >= 11 is 0. The van der Waals surface area contributed by atoms with Gasteiger partial charge >= 0.3 is 0 Å². The lowest BCUT2D eigenvalue weighted by Crippen LogP contribution is -2.36. The van der Waals surface area contributed by atoms with Crippen LogP contribution in [0.3, 0.4) is 0 Å². The molecule has 0 bridgehead atoms. The molecule has 108 valence electrons. The molecule has 2 rings (SSSR count). The van der Waals surface area contributed by atoms with Crippen LogP contribution in [-0.4, -0.2) is 34.4 Å². The van der Waals surface area contributed by atoms with Gasteiger partial charge in [0, 0.05) is 25.4 Å². The number of hydrogen-bond acceptors (Lipinski definition) is 3. The fourth-order valence-corrected chi connectivity index (χ4v) is 2.95. The van der Waals surface area contributed by atoms with Crippen LogP contribution >= 0.6 is 0 Å². The van der Waals surface area contributed by atoms with Crippen LogP contribution in [0.1, 0.15) is 57.8 Å². The first-order valence-corrected chi connectivity index (χ1v) is 7.46. The molecule has 0 aromatic rings. The lowest BCUT2D eigenvalue weighted by Gasteiger charge is -2.23. The van der Waals surface area contributed by atoms with E-state index in [0.29, 0.717) is 25.4 Å². The standard InChI is InChI=1S/C14H25N3O2/c15-13(16-19)9-10-17(12-6-7-12)14(18)8-5-11-3-1-2-4-11/h11-12,19H,1-10H2,(H2,15,16). The summed E-state index contributed by atoms with van der Waals surface area (Å²) in [6.45, 7) is 0.587. The Labute approximate surface area is 114 Å². The molecule has 0 heterocycles. The van der Waals surface area contributed by atoms with Crippen molar-refractivity contribution in [1.82, 2.24) is 4.90 Å². The number of hydrogen-bond donors (Lipinski definition) is 2. The van der Waals surface area contributed by atoms with Crippen molar-refractivity contribution in [3.63, 3.8) is 0 Å². The maximum atomic E-state index is 12.3. The van der Waals surface area contributed by atoms with E-state index >= 15 is 0 Å². The predicted molar refractivity (Wildman–Crippen MR) is 74.0 cm³/mol. The zero-order valence-corrected chi connectivity index (χ0v) is 11.6. The number of nitrogens with two attached hydrogens (primary N) is 1. The van der Waals surface area contributed by atoms with Gasteiger partial charge in [-0.2, -0.15) is 0 Å². The molecular formula is C14H25N3O2. The van der Waals surface area contributed by atoms with Crippen molar-refractivity contribution < 1.29 is 10.0 Å². The van der Waals surface area contributed by atoms with Gasteiger partial charge in [-0.15, -0.1) is 0 Å². The van der Waals surface area contributed by atoms with Gasteiger partial charge in [-0.05, 0) is 25.2 Å². The highest BCUT2D eigenvalue weighted by molar-refractivity contribution is 5.81. The van der Waals surface area contributed by atoms with E-state index in [9.17, 15) is 4.79 Å². The first-order chi connectivity index (χ1) is 9.20. The average Bonchev–Trinajstić information content (AvgIpc) is 3.11. The molecule has 0 aromatic heterocycles. The van der Waals surface area contributed by atoms with Crippen molar-refractivity contribution in [1.29, 1.82) is 0 Å². The quantitative estimate of drug-likeness (QED) is 0.321. The van der Waals surface area contributed by atoms with Crippen molar-refractivity contribution in [2.45, 2.75) is 63.8 Å². The van der Waals surface area contributed by atoms with Gasteiger partial charge in [0.05, 0.1) is 0 Å². The molecule has 0 saturated heterocycles. The topological polar surface area (TPSA) is 78.9 Å². The second-order valence-corrected chi connectivity index (χ2v) is 5.85. The highest BCUT2D eigenvalue weighted by Crippen LogP contribution is 2.31. The van der Waals surface area contributed by atoms with Crippen LogP contribution in [0.25, 0.3) is 0 Å². The molecule has 0 aliphatic heterocycles. The highest BCUT2D eigenvalue weighted by atomic mass is 16.4. The Morgan fingerprint density at radius 1 is 1.21 bits per heavy atom. The number of nitrogens with zero attached hydrogens (tertiary/aromatic N) is 2.